The molecule has 0 radical (unpaired) electrons. The second kappa shape index (κ2) is 8.06. The number of likely N-dealkylation sites (tertiary alicyclic amines) is 1. The van der Waals surface area contributed by atoms with Gasteiger partial charge in [0, 0.05) is 19.0 Å². The van der Waals surface area contributed by atoms with Crippen LogP contribution in [0.3, 0.4) is 0 Å². The molecule has 0 aromatic heterocycles. The van der Waals surface area contributed by atoms with Crippen molar-refractivity contribution in [1.82, 2.24) is 4.90 Å². The van der Waals surface area contributed by atoms with Gasteiger partial charge < -0.3 is 9.64 Å². The molecule has 0 saturated carbocycles. The molecule has 1 amide bonds. The summed E-state index contributed by atoms with van der Waals surface area (Å²) in [5.74, 6) is 1.21. The lowest BCUT2D eigenvalue weighted by Crippen LogP contribution is -2.43. The Hall–Kier alpha value is -1.51. The van der Waals surface area contributed by atoms with Crippen LogP contribution >= 0.6 is 0 Å². The van der Waals surface area contributed by atoms with E-state index in [0.717, 1.165) is 43.5 Å². The maximum atomic E-state index is 12.5. The zero-order valence-corrected chi connectivity index (χ0v) is 13.3. The fourth-order valence-corrected chi connectivity index (χ4v) is 3.15. The molecule has 1 unspecified atom stereocenters. The van der Waals surface area contributed by atoms with Crippen molar-refractivity contribution in [1.29, 1.82) is 0 Å². The number of hydrogen-bond acceptors (Lipinski definition) is 2. The molecule has 0 aliphatic carbocycles. The van der Waals surface area contributed by atoms with Gasteiger partial charge in [-0.1, -0.05) is 25.1 Å². The Morgan fingerprint density at radius 1 is 1.29 bits per heavy atom. The smallest absolute Gasteiger partial charge is 0.223 e. The lowest BCUT2D eigenvalue weighted by Gasteiger charge is -2.35. The van der Waals surface area contributed by atoms with Gasteiger partial charge in [-0.05, 0) is 50.7 Å². The van der Waals surface area contributed by atoms with Gasteiger partial charge in [-0.25, -0.2) is 0 Å². The molecule has 1 aliphatic rings. The van der Waals surface area contributed by atoms with Crippen LogP contribution in [0.4, 0.5) is 0 Å². The third kappa shape index (κ3) is 4.23. The monoisotopic (exact) mass is 289 g/mol. The van der Waals surface area contributed by atoms with Crippen LogP contribution in [0.1, 0.15) is 51.5 Å². The minimum atomic E-state index is 0.299. The number of ether oxygens (including phenoxy) is 1. The zero-order valence-electron chi connectivity index (χ0n) is 13.3. The number of amides is 1. The van der Waals surface area contributed by atoms with Crippen LogP contribution in [0, 0.1) is 0 Å². The summed E-state index contributed by atoms with van der Waals surface area (Å²) in [5.41, 5.74) is 1.14. The standard InChI is InChI=1S/C18H27NO2/c1-3-16-10-7-8-14-19(16)18(20)13-12-15-9-5-6-11-17(15)21-4-2/h5-6,9,11,16H,3-4,7-8,10,12-14H2,1-2H3. The highest BCUT2D eigenvalue weighted by Crippen LogP contribution is 2.23. The Morgan fingerprint density at radius 2 is 2.10 bits per heavy atom. The summed E-state index contributed by atoms with van der Waals surface area (Å²) in [6.07, 6.45) is 5.99. The Bertz CT molecular complexity index is 458. The van der Waals surface area contributed by atoms with E-state index in [1.54, 1.807) is 0 Å². The van der Waals surface area contributed by atoms with Gasteiger partial charge >= 0.3 is 0 Å². The summed E-state index contributed by atoms with van der Waals surface area (Å²) in [5, 5.41) is 0. The van der Waals surface area contributed by atoms with Gasteiger partial charge in [0.05, 0.1) is 6.61 Å². The molecule has 0 N–H and O–H groups in total. The molecule has 21 heavy (non-hydrogen) atoms. The van der Waals surface area contributed by atoms with E-state index < -0.39 is 0 Å². The SMILES string of the molecule is CCOc1ccccc1CCC(=O)N1CCCCC1CC. The lowest BCUT2D eigenvalue weighted by atomic mass is 9.99. The molecule has 116 valence electrons. The van der Waals surface area contributed by atoms with Crippen LogP contribution in [0.5, 0.6) is 5.75 Å². The lowest BCUT2D eigenvalue weighted by molar-refractivity contribution is -0.134. The van der Waals surface area contributed by atoms with Crippen LogP contribution in [0.2, 0.25) is 0 Å². The fourth-order valence-electron chi connectivity index (χ4n) is 3.15. The quantitative estimate of drug-likeness (QED) is 0.797. The molecule has 1 heterocycles. The highest BCUT2D eigenvalue weighted by molar-refractivity contribution is 5.77. The number of aryl methyl sites for hydroxylation is 1. The molecule has 1 fully saturated rings. The van der Waals surface area contributed by atoms with Crippen LogP contribution in [-0.2, 0) is 11.2 Å². The van der Waals surface area contributed by atoms with Crippen LogP contribution in [0.15, 0.2) is 24.3 Å². The Morgan fingerprint density at radius 3 is 2.86 bits per heavy atom. The van der Waals surface area contributed by atoms with Gasteiger partial charge in [0.2, 0.25) is 5.91 Å². The highest BCUT2D eigenvalue weighted by Gasteiger charge is 2.24. The average molecular weight is 289 g/mol. The normalized spacial score (nSPS) is 18.6. The molecule has 1 saturated heterocycles. The van der Waals surface area contributed by atoms with Crippen molar-refractivity contribution in [2.75, 3.05) is 13.2 Å². The second-order valence-electron chi connectivity index (χ2n) is 5.69. The molecule has 3 nitrogen and oxygen atoms in total. The number of carbonyl (C=O) groups is 1. The summed E-state index contributed by atoms with van der Waals surface area (Å²) in [6, 6.07) is 8.49. The first-order chi connectivity index (χ1) is 10.3. The van der Waals surface area contributed by atoms with Crippen molar-refractivity contribution in [3.05, 3.63) is 29.8 Å². The van der Waals surface area contributed by atoms with E-state index in [9.17, 15) is 4.79 Å². The number of piperidine rings is 1. The maximum Gasteiger partial charge on any atom is 0.223 e. The number of benzene rings is 1. The molecule has 2 rings (SSSR count). The van der Waals surface area contributed by atoms with Gasteiger partial charge in [0.15, 0.2) is 0 Å². The summed E-state index contributed by atoms with van der Waals surface area (Å²) in [6.45, 7) is 5.77. The fraction of sp³-hybridized carbons (Fsp3) is 0.611. The predicted octanol–water partition coefficient (Wildman–Crippen LogP) is 3.81. The average Bonchev–Trinajstić information content (AvgIpc) is 2.54. The molecular formula is C18H27NO2. The van der Waals surface area contributed by atoms with E-state index in [0.29, 0.717) is 25.0 Å². The van der Waals surface area contributed by atoms with Gasteiger partial charge in [-0.15, -0.1) is 0 Å². The molecule has 1 atom stereocenters. The third-order valence-electron chi connectivity index (χ3n) is 4.30. The molecule has 1 aromatic rings. The molecular weight excluding hydrogens is 262 g/mol. The Labute approximate surface area is 128 Å². The van der Waals surface area contributed by atoms with Crippen LogP contribution in [-0.4, -0.2) is 30.0 Å². The Kier molecular flexibility index (Phi) is 6.09. The van der Waals surface area contributed by atoms with Gasteiger partial charge in [0.25, 0.3) is 0 Å². The maximum absolute atomic E-state index is 12.5. The first-order valence-electron chi connectivity index (χ1n) is 8.26. The van der Waals surface area contributed by atoms with Crippen molar-refractivity contribution in [3.8, 4) is 5.75 Å². The predicted molar refractivity (Wildman–Crippen MR) is 85.6 cm³/mol. The minimum Gasteiger partial charge on any atom is -0.494 e. The molecule has 1 aromatic carbocycles. The topological polar surface area (TPSA) is 29.5 Å². The van der Waals surface area contributed by atoms with E-state index in [1.165, 1.54) is 6.42 Å². The van der Waals surface area contributed by atoms with E-state index >= 15 is 0 Å². The zero-order chi connectivity index (χ0) is 15.1. The molecule has 0 spiro atoms. The summed E-state index contributed by atoms with van der Waals surface area (Å²) in [4.78, 5) is 14.6. The summed E-state index contributed by atoms with van der Waals surface area (Å²) < 4.78 is 5.63. The van der Waals surface area contributed by atoms with E-state index in [1.807, 2.05) is 25.1 Å². The highest BCUT2D eigenvalue weighted by atomic mass is 16.5. The third-order valence-corrected chi connectivity index (χ3v) is 4.30. The summed E-state index contributed by atoms with van der Waals surface area (Å²) >= 11 is 0. The van der Waals surface area contributed by atoms with Crippen molar-refractivity contribution in [2.45, 2.75) is 58.4 Å². The van der Waals surface area contributed by atoms with Crippen LogP contribution in [0.25, 0.3) is 0 Å². The molecule has 1 aliphatic heterocycles. The number of rotatable bonds is 6. The van der Waals surface area contributed by atoms with E-state index in [4.69, 9.17) is 4.74 Å². The van der Waals surface area contributed by atoms with Crippen molar-refractivity contribution >= 4 is 5.91 Å². The first-order valence-corrected chi connectivity index (χ1v) is 8.26. The molecule has 3 heteroatoms. The number of nitrogens with zero attached hydrogens (tertiary/aromatic N) is 1. The number of para-hydroxylation sites is 1. The van der Waals surface area contributed by atoms with E-state index in [2.05, 4.69) is 17.9 Å². The van der Waals surface area contributed by atoms with Crippen molar-refractivity contribution < 1.29 is 9.53 Å². The summed E-state index contributed by atoms with van der Waals surface area (Å²) in [7, 11) is 0. The van der Waals surface area contributed by atoms with Crippen molar-refractivity contribution in [2.24, 2.45) is 0 Å². The van der Waals surface area contributed by atoms with Crippen molar-refractivity contribution in [3.63, 3.8) is 0 Å². The number of carbonyl (C=O) groups excluding carboxylic acids is 1. The second-order valence-corrected chi connectivity index (χ2v) is 5.69. The van der Waals surface area contributed by atoms with Gasteiger partial charge in [-0.2, -0.15) is 0 Å². The largest absolute Gasteiger partial charge is 0.494 e. The molecule has 0 bridgehead atoms. The van der Waals surface area contributed by atoms with Gasteiger partial charge in [0.1, 0.15) is 5.75 Å². The van der Waals surface area contributed by atoms with E-state index in [-0.39, 0.29) is 0 Å². The van der Waals surface area contributed by atoms with Gasteiger partial charge in [-0.3, -0.25) is 4.79 Å². The van der Waals surface area contributed by atoms with Crippen LogP contribution < -0.4 is 4.74 Å². The minimum absolute atomic E-state index is 0.299. The first kappa shape index (κ1) is 15.9. The Balaban J connectivity index is 1.94. The number of hydrogen-bond donors (Lipinski definition) is 0.